The number of hydrogen-bond donors (Lipinski definition) is 0. The molecule has 0 radical (unpaired) electrons. The van der Waals surface area contributed by atoms with Crippen molar-refractivity contribution in [2.24, 2.45) is 0 Å². The second kappa shape index (κ2) is 5.34. The van der Waals surface area contributed by atoms with Gasteiger partial charge in [0, 0.05) is 9.85 Å². The molecule has 0 aliphatic heterocycles. The first-order valence-electron chi connectivity index (χ1n) is 5.00. The molecule has 1 aromatic heterocycles. The fourth-order valence-electron chi connectivity index (χ4n) is 1.43. The fraction of sp³-hybridized carbons (Fsp3) is 0.0833. The van der Waals surface area contributed by atoms with Gasteiger partial charge in [0.25, 0.3) is 0 Å². The van der Waals surface area contributed by atoms with Gasteiger partial charge >= 0.3 is 6.36 Å². The largest absolute Gasteiger partial charge is 0.573 e. The Balaban J connectivity index is 2.37. The zero-order valence-electron chi connectivity index (χ0n) is 9.20. The minimum absolute atomic E-state index is 0.117. The molecule has 1 heterocycles. The number of ether oxygens (including phenoxy) is 1. The minimum atomic E-state index is -4.83. The van der Waals surface area contributed by atoms with Gasteiger partial charge in [0.1, 0.15) is 5.75 Å². The van der Waals surface area contributed by atoms with E-state index >= 15 is 0 Å². The Morgan fingerprint density at radius 2 is 1.95 bits per heavy atom. The fourth-order valence-corrected chi connectivity index (χ4v) is 2.81. The van der Waals surface area contributed by atoms with Gasteiger partial charge in [-0.2, -0.15) is 0 Å². The summed E-state index contributed by atoms with van der Waals surface area (Å²) in [6.45, 7) is 0. The second-order valence-electron chi connectivity index (χ2n) is 3.50. The molecule has 2 aromatic rings. The van der Waals surface area contributed by atoms with Crippen LogP contribution in [-0.2, 0) is 0 Å². The van der Waals surface area contributed by atoms with E-state index in [4.69, 9.17) is 0 Å². The van der Waals surface area contributed by atoms with Crippen LogP contribution in [0.5, 0.6) is 5.75 Å². The van der Waals surface area contributed by atoms with E-state index in [2.05, 4.69) is 20.7 Å². The number of carbonyl (C=O) groups excluding carboxylic acids is 1. The summed E-state index contributed by atoms with van der Waals surface area (Å²) in [5, 5.41) is 1.68. The smallest absolute Gasteiger partial charge is 0.405 e. The van der Waals surface area contributed by atoms with Crippen LogP contribution in [0.4, 0.5) is 13.2 Å². The van der Waals surface area contributed by atoms with Gasteiger partial charge in [-0.3, -0.25) is 4.79 Å². The van der Waals surface area contributed by atoms with Crippen LogP contribution in [0.25, 0.3) is 0 Å². The summed E-state index contributed by atoms with van der Waals surface area (Å²) in [5.41, 5.74) is -0.117. The molecule has 7 heteroatoms. The van der Waals surface area contributed by atoms with Crippen molar-refractivity contribution in [3.8, 4) is 5.75 Å². The molecule has 0 N–H and O–H groups in total. The van der Waals surface area contributed by atoms with Crippen LogP contribution in [0, 0.1) is 0 Å². The zero-order valence-corrected chi connectivity index (χ0v) is 11.6. The quantitative estimate of drug-likeness (QED) is 0.753. The Labute approximate surface area is 118 Å². The number of thiophene rings is 1. The summed E-state index contributed by atoms with van der Waals surface area (Å²) in [6, 6.07) is 6.83. The van der Waals surface area contributed by atoms with Crippen LogP contribution in [0.2, 0.25) is 0 Å². The van der Waals surface area contributed by atoms with Gasteiger partial charge in [0.2, 0.25) is 5.78 Å². The first kappa shape index (κ1) is 14.1. The van der Waals surface area contributed by atoms with Gasteiger partial charge in [-0.15, -0.1) is 24.5 Å². The predicted molar refractivity (Wildman–Crippen MR) is 68.6 cm³/mol. The van der Waals surface area contributed by atoms with Gasteiger partial charge in [0.05, 0.1) is 10.4 Å². The molecule has 0 saturated heterocycles. The molecular weight excluding hydrogens is 345 g/mol. The molecule has 100 valence electrons. The van der Waals surface area contributed by atoms with Crippen molar-refractivity contribution in [3.05, 3.63) is 50.6 Å². The topological polar surface area (TPSA) is 26.3 Å². The summed E-state index contributed by atoms with van der Waals surface area (Å²) in [4.78, 5) is 12.4. The van der Waals surface area contributed by atoms with Crippen molar-refractivity contribution >= 4 is 33.0 Å². The van der Waals surface area contributed by atoms with Gasteiger partial charge in [-0.05, 0) is 34.1 Å². The third kappa shape index (κ3) is 3.57. The van der Waals surface area contributed by atoms with E-state index in [0.29, 0.717) is 9.35 Å². The predicted octanol–water partition coefficient (Wildman–Crippen LogP) is 4.64. The summed E-state index contributed by atoms with van der Waals surface area (Å²) < 4.78 is 41.3. The van der Waals surface area contributed by atoms with Gasteiger partial charge in [0.15, 0.2) is 0 Å². The molecule has 0 aliphatic carbocycles. The van der Waals surface area contributed by atoms with Crippen molar-refractivity contribution in [2.45, 2.75) is 6.36 Å². The van der Waals surface area contributed by atoms with E-state index in [1.807, 2.05) is 0 Å². The molecule has 0 saturated carbocycles. The maximum atomic E-state index is 12.3. The molecule has 19 heavy (non-hydrogen) atoms. The Morgan fingerprint density at radius 3 is 2.53 bits per heavy atom. The van der Waals surface area contributed by atoms with Crippen molar-refractivity contribution in [3.63, 3.8) is 0 Å². The summed E-state index contributed by atoms with van der Waals surface area (Å²) >= 11 is 4.33. The highest BCUT2D eigenvalue weighted by Crippen LogP contribution is 2.30. The number of ketones is 1. The molecule has 2 rings (SSSR count). The SMILES string of the molecule is O=C(c1cc(Br)cs1)c1ccccc1OC(F)(F)F. The normalized spacial score (nSPS) is 11.4. The zero-order chi connectivity index (χ0) is 14.0. The second-order valence-corrected chi connectivity index (χ2v) is 5.33. The van der Waals surface area contributed by atoms with E-state index in [-0.39, 0.29) is 5.56 Å². The summed E-state index contributed by atoms with van der Waals surface area (Å²) in [6.07, 6.45) is -4.83. The van der Waals surface area contributed by atoms with E-state index in [9.17, 15) is 18.0 Å². The van der Waals surface area contributed by atoms with Crippen molar-refractivity contribution in [1.29, 1.82) is 0 Å². The minimum Gasteiger partial charge on any atom is -0.405 e. The number of alkyl halides is 3. The van der Waals surface area contributed by atoms with Crippen LogP contribution in [0.1, 0.15) is 15.2 Å². The molecule has 1 aromatic carbocycles. The lowest BCUT2D eigenvalue weighted by Gasteiger charge is -2.11. The van der Waals surface area contributed by atoms with E-state index < -0.39 is 17.9 Å². The first-order valence-corrected chi connectivity index (χ1v) is 6.67. The first-order chi connectivity index (χ1) is 8.87. The van der Waals surface area contributed by atoms with Crippen LogP contribution in [0.15, 0.2) is 40.2 Å². The third-order valence-corrected chi connectivity index (χ3v) is 3.84. The molecule has 0 atom stereocenters. The van der Waals surface area contributed by atoms with Crippen LogP contribution < -0.4 is 4.74 Å². The molecule has 0 spiro atoms. The number of halogens is 4. The molecule has 0 bridgehead atoms. The molecule has 0 amide bonds. The average Bonchev–Trinajstić information content (AvgIpc) is 2.74. The highest BCUT2D eigenvalue weighted by Gasteiger charge is 2.33. The van der Waals surface area contributed by atoms with E-state index in [0.717, 1.165) is 17.4 Å². The van der Waals surface area contributed by atoms with Gasteiger partial charge in [-0.1, -0.05) is 12.1 Å². The summed E-state index contributed by atoms with van der Waals surface area (Å²) in [7, 11) is 0. The lowest BCUT2D eigenvalue weighted by Crippen LogP contribution is -2.19. The maximum absolute atomic E-state index is 12.3. The highest BCUT2D eigenvalue weighted by molar-refractivity contribution is 9.10. The monoisotopic (exact) mass is 350 g/mol. The molecule has 0 aliphatic rings. The van der Waals surface area contributed by atoms with E-state index in [1.54, 1.807) is 11.4 Å². The van der Waals surface area contributed by atoms with Crippen molar-refractivity contribution in [1.82, 2.24) is 0 Å². The van der Waals surface area contributed by atoms with Gasteiger partial charge in [-0.25, -0.2) is 0 Å². The Bertz CT molecular complexity index is 607. The van der Waals surface area contributed by atoms with Crippen molar-refractivity contribution < 1.29 is 22.7 Å². The van der Waals surface area contributed by atoms with E-state index in [1.165, 1.54) is 18.2 Å². The molecule has 0 fully saturated rings. The van der Waals surface area contributed by atoms with Crippen LogP contribution >= 0.6 is 27.3 Å². The number of benzene rings is 1. The maximum Gasteiger partial charge on any atom is 0.573 e. The van der Waals surface area contributed by atoms with Crippen LogP contribution in [-0.4, -0.2) is 12.1 Å². The third-order valence-electron chi connectivity index (χ3n) is 2.15. The lowest BCUT2D eigenvalue weighted by atomic mass is 10.1. The lowest BCUT2D eigenvalue weighted by molar-refractivity contribution is -0.274. The number of carbonyl (C=O) groups is 1. The van der Waals surface area contributed by atoms with Crippen LogP contribution in [0.3, 0.4) is 0 Å². The average molecular weight is 351 g/mol. The molecular formula is C12H6BrF3O2S. The Morgan fingerprint density at radius 1 is 1.26 bits per heavy atom. The number of hydrogen-bond acceptors (Lipinski definition) is 3. The molecule has 0 unspecified atom stereocenters. The molecule has 2 nitrogen and oxygen atoms in total. The summed E-state index contributed by atoms with van der Waals surface area (Å²) in [5.74, 6) is -1.000. The van der Waals surface area contributed by atoms with Gasteiger partial charge < -0.3 is 4.74 Å². The highest BCUT2D eigenvalue weighted by atomic mass is 79.9. The Hall–Kier alpha value is -1.34. The number of rotatable bonds is 3. The van der Waals surface area contributed by atoms with Crippen molar-refractivity contribution in [2.75, 3.05) is 0 Å². The number of para-hydroxylation sites is 1. The standard InChI is InChI=1S/C12H6BrF3O2S/c13-7-5-10(19-6-7)11(17)8-3-1-2-4-9(8)18-12(14,15)16/h1-6H. The Kier molecular flexibility index (Phi) is 3.96.